The Morgan fingerprint density at radius 3 is 2.67 bits per heavy atom. The summed E-state index contributed by atoms with van der Waals surface area (Å²) in [6.45, 7) is 0.510. The van der Waals surface area contributed by atoms with E-state index in [9.17, 15) is 18.0 Å². The van der Waals surface area contributed by atoms with Crippen molar-refractivity contribution in [1.29, 1.82) is 0 Å². The molecule has 2 aliphatic rings. The number of aryl methyl sites for hydroxylation is 1. The van der Waals surface area contributed by atoms with Gasteiger partial charge in [-0.05, 0) is 49.3 Å². The van der Waals surface area contributed by atoms with Crippen LogP contribution >= 0.6 is 12.4 Å². The average Bonchev–Trinajstić information content (AvgIpc) is 3.30. The molecule has 4 aromatic rings. The summed E-state index contributed by atoms with van der Waals surface area (Å²) in [4.78, 5) is 24.0. The quantitative estimate of drug-likeness (QED) is 0.345. The minimum absolute atomic E-state index is 0. The second-order valence-corrected chi connectivity index (χ2v) is 9.04. The molecule has 1 atom stereocenters. The molecule has 0 spiro atoms. The minimum Gasteiger partial charge on any atom is -0.330 e. The maximum atomic E-state index is 14.3. The van der Waals surface area contributed by atoms with E-state index in [4.69, 9.17) is 0 Å². The highest BCUT2D eigenvalue weighted by Crippen LogP contribution is 2.41. The molecule has 6 rings (SSSR count). The van der Waals surface area contributed by atoms with E-state index in [1.807, 2.05) is 24.3 Å². The van der Waals surface area contributed by atoms with Crippen molar-refractivity contribution in [2.75, 3.05) is 6.54 Å². The third-order valence-electron chi connectivity index (χ3n) is 6.94. The van der Waals surface area contributed by atoms with Crippen LogP contribution in [-0.2, 0) is 19.0 Å². The number of halogens is 4. The fourth-order valence-electron chi connectivity index (χ4n) is 5.36. The van der Waals surface area contributed by atoms with Crippen molar-refractivity contribution >= 4 is 24.0 Å². The molecule has 36 heavy (non-hydrogen) atoms. The van der Waals surface area contributed by atoms with E-state index < -0.39 is 17.8 Å². The lowest BCUT2D eigenvalue weighted by Gasteiger charge is -2.35. The van der Waals surface area contributed by atoms with Crippen molar-refractivity contribution in [2.45, 2.75) is 44.3 Å². The number of fused-ring (bicyclic) bond motifs is 4. The van der Waals surface area contributed by atoms with E-state index >= 15 is 0 Å². The van der Waals surface area contributed by atoms with Crippen molar-refractivity contribution in [2.24, 2.45) is 0 Å². The van der Waals surface area contributed by atoms with Crippen LogP contribution in [0.2, 0.25) is 0 Å². The molecule has 1 aliphatic carbocycles. The summed E-state index contributed by atoms with van der Waals surface area (Å²) >= 11 is 0. The number of carbonyl (C=O) groups excluding carboxylic acids is 1. The fourth-order valence-corrected chi connectivity index (χ4v) is 5.36. The van der Waals surface area contributed by atoms with Crippen LogP contribution in [-0.4, -0.2) is 36.9 Å². The highest BCUT2D eigenvalue weighted by Gasteiger charge is 2.41. The molecule has 0 N–H and O–H groups in total. The van der Waals surface area contributed by atoms with E-state index in [2.05, 4.69) is 15.1 Å². The topological polar surface area (TPSA) is 63.4 Å². The molecule has 1 aromatic carbocycles. The van der Waals surface area contributed by atoms with Gasteiger partial charge in [0.2, 0.25) is 0 Å². The van der Waals surface area contributed by atoms with Gasteiger partial charge in [0, 0.05) is 36.1 Å². The third-order valence-corrected chi connectivity index (χ3v) is 6.94. The van der Waals surface area contributed by atoms with Crippen molar-refractivity contribution < 1.29 is 18.0 Å². The fraction of sp³-hybridized carbons (Fsp3) is 0.308. The number of alkyl halides is 3. The van der Waals surface area contributed by atoms with Crippen LogP contribution in [0.3, 0.4) is 0 Å². The van der Waals surface area contributed by atoms with Gasteiger partial charge in [0.1, 0.15) is 0 Å². The first-order valence-corrected chi connectivity index (χ1v) is 11.7. The lowest BCUT2D eigenvalue weighted by atomic mass is 9.88. The SMILES string of the molecule is Cl.O=C(c1cc2nc3c(c(C(F)(F)F)n2n1)CCc1ccccc1-3)N1CCCCC1c1cccnc1. The van der Waals surface area contributed by atoms with Crippen LogP contribution in [0.5, 0.6) is 0 Å². The van der Waals surface area contributed by atoms with Gasteiger partial charge < -0.3 is 4.90 Å². The summed E-state index contributed by atoms with van der Waals surface area (Å²) in [6.07, 6.45) is 2.01. The second kappa shape index (κ2) is 9.20. The summed E-state index contributed by atoms with van der Waals surface area (Å²) in [5, 5.41) is 4.17. The zero-order chi connectivity index (χ0) is 24.2. The third kappa shape index (κ3) is 4.01. The van der Waals surface area contributed by atoms with Gasteiger partial charge in [-0.25, -0.2) is 9.50 Å². The molecule has 1 fully saturated rings. The van der Waals surface area contributed by atoms with Crippen LogP contribution in [0.15, 0.2) is 54.9 Å². The Morgan fingerprint density at radius 1 is 1.06 bits per heavy atom. The standard InChI is InChI=1S/C26H22F3N5O.ClH/c27-26(28,29)24-19-11-10-16-6-1-2-8-18(16)23(19)31-22-14-20(32-34(22)24)25(35)33-13-4-3-9-21(33)17-7-5-12-30-15-17;/h1-2,5-8,12,14-15,21H,3-4,9-11,13H2;1H. The van der Waals surface area contributed by atoms with Crippen molar-refractivity contribution in [1.82, 2.24) is 24.5 Å². The van der Waals surface area contributed by atoms with Crippen LogP contribution in [0.4, 0.5) is 13.2 Å². The Kier molecular flexibility index (Phi) is 6.20. The summed E-state index contributed by atoms with van der Waals surface area (Å²) in [5.41, 5.74) is 2.14. The number of rotatable bonds is 2. The maximum absolute atomic E-state index is 14.3. The van der Waals surface area contributed by atoms with Crippen LogP contribution in [0, 0.1) is 0 Å². The highest BCUT2D eigenvalue weighted by molar-refractivity contribution is 5.94. The van der Waals surface area contributed by atoms with Crippen molar-refractivity contribution in [3.05, 3.63) is 82.9 Å². The number of hydrogen-bond acceptors (Lipinski definition) is 4. The molecule has 186 valence electrons. The molecule has 3 aromatic heterocycles. The van der Waals surface area contributed by atoms with Gasteiger partial charge in [-0.1, -0.05) is 30.3 Å². The molecule has 0 bridgehead atoms. The first kappa shape index (κ1) is 24.2. The zero-order valence-electron chi connectivity index (χ0n) is 19.2. The van der Waals surface area contributed by atoms with Crippen molar-refractivity contribution in [3.8, 4) is 11.3 Å². The number of amides is 1. The number of pyridine rings is 1. The second-order valence-electron chi connectivity index (χ2n) is 9.04. The van der Waals surface area contributed by atoms with Gasteiger partial charge in [-0.15, -0.1) is 12.4 Å². The Bertz CT molecular complexity index is 1440. The normalized spacial score (nSPS) is 17.3. The molecule has 0 radical (unpaired) electrons. The Labute approximate surface area is 211 Å². The molecule has 1 aliphatic heterocycles. The lowest BCUT2D eigenvalue weighted by Crippen LogP contribution is -2.38. The van der Waals surface area contributed by atoms with Gasteiger partial charge in [-0.2, -0.15) is 18.3 Å². The van der Waals surface area contributed by atoms with E-state index in [1.165, 1.54) is 6.07 Å². The van der Waals surface area contributed by atoms with Gasteiger partial charge in [0.25, 0.3) is 5.91 Å². The van der Waals surface area contributed by atoms with Gasteiger partial charge in [-0.3, -0.25) is 9.78 Å². The monoisotopic (exact) mass is 513 g/mol. The number of piperidine rings is 1. The van der Waals surface area contributed by atoms with E-state index in [0.717, 1.165) is 34.9 Å². The molecule has 1 unspecified atom stereocenters. The number of hydrogen-bond donors (Lipinski definition) is 0. The summed E-state index contributed by atoms with van der Waals surface area (Å²) < 4.78 is 43.8. The Morgan fingerprint density at radius 2 is 1.89 bits per heavy atom. The predicted octanol–water partition coefficient (Wildman–Crippen LogP) is 5.70. The molecule has 6 nitrogen and oxygen atoms in total. The number of benzene rings is 1. The largest absolute Gasteiger partial charge is 0.433 e. The molecule has 4 heterocycles. The van der Waals surface area contributed by atoms with E-state index in [0.29, 0.717) is 24.2 Å². The maximum Gasteiger partial charge on any atom is 0.433 e. The molecule has 0 saturated carbocycles. The highest BCUT2D eigenvalue weighted by atomic mass is 35.5. The van der Waals surface area contributed by atoms with Gasteiger partial charge in [0.15, 0.2) is 17.0 Å². The minimum atomic E-state index is -4.65. The number of aromatic nitrogens is 4. The predicted molar refractivity (Wildman–Crippen MR) is 130 cm³/mol. The summed E-state index contributed by atoms with van der Waals surface area (Å²) in [7, 11) is 0. The average molecular weight is 514 g/mol. The first-order valence-electron chi connectivity index (χ1n) is 11.7. The number of likely N-dealkylation sites (tertiary alicyclic amines) is 1. The molecule has 1 saturated heterocycles. The molecular weight excluding hydrogens is 491 g/mol. The summed E-state index contributed by atoms with van der Waals surface area (Å²) in [6, 6.07) is 12.3. The number of nitrogens with zero attached hydrogens (tertiary/aromatic N) is 5. The first-order chi connectivity index (χ1) is 16.9. The van der Waals surface area contributed by atoms with E-state index in [1.54, 1.807) is 29.4 Å². The molecular formula is C26H23ClF3N5O. The van der Waals surface area contributed by atoms with Gasteiger partial charge >= 0.3 is 6.18 Å². The Balaban J connectivity index is 0.00000267. The molecule has 1 amide bonds. The van der Waals surface area contributed by atoms with Crippen LogP contribution < -0.4 is 0 Å². The lowest BCUT2D eigenvalue weighted by molar-refractivity contribution is -0.143. The van der Waals surface area contributed by atoms with Gasteiger partial charge in [0.05, 0.1) is 11.7 Å². The Hall–Kier alpha value is -3.46. The molecule has 10 heteroatoms. The van der Waals surface area contributed by atoms with Crippen LogP contribution in [0.25, 0.3) is 16.9 Å². The number of carbonyl (C=O) groups is 1. The van der Waals surface area contributed by atoms with Crippen molar-refractivity contribution in [3.63, 3.8) is 0 Å². The smallest absolute Gasteiger partial charge is 0.330 e. The van der Waals surface area contributed by atoms with Crippen LogP contribution in [0.1, 0.15) is 58.2 Å². The summed E-state index contributed by atoms with van der Waals surface area (Å²) in [5.74, 6) is -0.393. The zero-order valence-corrected chi connectivity index (χ0v) is 20.0. The van der Waals surface area contributed by atoms with E-state index in [-0.39, 0.29) is 41.8 Å².